The molecule has 4 heteroatoms. The van der Waals surface area contributed by atoms with Crippen molar-refractivity contribution in [2.24, 2.45) is 0 Å². The van der Waals surface area contributed by atoms with Gasteiger partial charge in [-0.1, -0.05) is 0 Å². The van der Waals surface area contributed by atoms with Crippen LogP contribution in [0.2, 0.25) is 0 Å². The van der Waals surface area contributed by atoms with Crippen LogP contribution in [0.1, 0.15) is 35.3 Å². The number of carbonyl (C=O) groups is 1. The van der Waals surface area contributed by atoms with Crippen LogP contribution in [0.15, 0.2) is 36.5 Å². The van der Waals surface area contributed by atoms with Crippen molar-refractivity contribution >= 4 is 17.3 Å². The fraction of sp³-hybridized carbons (Fsp3) is 0.353. The highest BCUT2D eigenvalue weighted by molar-refractivity contribution is 6.05. The number of nitrogens with one attached hydrogen (secondary N) is 2. The Kier molecular flexibility index (Phi) is 3.95. The molecule has 3 rings (SSSR count). The fourth-order valence-corrected chi connectivity index (χ4v) is 2.80. The molecule has 2 heterocycles. The van der Waals surface area contributed by atoms with Crippen molar-refractivity contribution in [1.82, 2.24) is 4.98 Å². The molecular formula is C17H21N3O. The zero-order chi connectivity index (χ0) is 14.7. The van der Waals surface area contributed by atoms with Crippen LogP contribution in [0.3, 0.4) is 0 Å². The van der Waals surface area contributed by atoms with Crippen molar-refractivity contribution in [3.05, 3.63) is 47.8 Å². The fourth-order valence-electron chi connectivity index (χ4n) is 2.80. The molecule has 2 N–H and O–H groups in total. The number of H-pyrrole nitrogens is 1. The molecule has 0 spiro atoms. The second-order valence-corrected chi connectivity index (χ2v) is 5.57. The summed E-state index contributed by atoms with van der Waals surface area (Å²) in [5.41, 5.74) is 3.65. The summed E-state index contributed by atoms with van der Waals surface area (Å²) in [4.78, 5) is 17.6. The van der Waals surface area contributed by atoms with Gasteiger partial charge >= 0.3 is 0 Å². The van der Waals surface area contributed by atoms with Crippen LogP contribution < -0.4 is 10.2 Å². The highest BCUT2D eigenvalue weighted by Crippen LogP contribution is 2.22. The molecule has 1 aliphatic rings. The van der Waals surface area contributed by atoms with Gasteiger partial charge in [0.1, 0.15) is 0 Å². The van der Waals surface area contributed by atoms with Crippen LogP contribution in [0.25, 0.3) is 0 Å². The molecule has 1 aromatic heterocycles. The molecule has 21 heavy (non-hydrogen) atoms. The molecule has 0 atom stereocenters. The van der Waals surface area contributed by atoms with E-state index < -0.39 is 0 Å². The summed E-state index contributed by atoms with van der Waals surface area (Å²) in [6.45, 7) is 4.16. The second-order valence-electron chi connectivity index (χ2n) is 5.57. The molecule has 4 nitrogen and oxygen atoms in total. The molecule has 0 bridgehead atoms. The van der Waals surface area contributed by atoms with Gasteiger partial charge in [0.25, 0.3) is 5.91 Å². The largest absolute Gasteiger partial charge is 0.372 e. The SMILES string of the molecule is Cc1[nH]ccc1C(=O)Nc1ccc(N2CCCCC2)cc1. The van der Waals surface area contributed by atoms with Crippen molar-refractivity contribution in [3.8, 4) is 0 Å². The number of carbonyl (C=O) groups excluding carboxylic acids is 1. The second kappa shape index (κ2) is 6.04. The number of aryl methyl sites for hydroxylation is 1. The Hall–Kier alpha value is -2.23. The van der Waals surface area contributed by atoms with E-state index in [1.165, 1.54) is 24.9 Å². The van der Waals surface area contributed by atoms with Crippen molar-refractivity contribution in [2.45, 2.75) is 26.2 Å². The van der Waals surface area contributed by atoms with Gasteiger partial charge < -0.3 is 15.2 Å². The van der Waals surface area contributed by atoms with Gasteiger partial charge in [0.15, 0.2) is 0 Å². The quantitative estimate of drug-likeness (QED) is 0.904. The van der Waals surface area contributed by atoms with Crippen molar-refractivity contribution in [3.63, 3.8) is 0 Å². The average molecular weight is 283 g/mol. The highest BCUT2D eigenvalue weighted by Gasteiger charge is 2.12. The summed E-state index contributed by atoms with van der Waals surface area (Å²) in [5, 5.41) is 2.94. The summed E-state index contributed by atoms with van der Waals surface area (Å²) in [6, 6.07) is 9.93. The Labute approximate surface area is 125 Å². The minimum atomic E-state index is -0.0699. The number of aromatic amines is 1. The van der Waals surface area contributed by atoms with E-state index in [4.69, 9.17) is 0 Å². The lowest BCUT2D eigenvalue weighted by atomic mass is 10.1. The van der Waals surface area contributed by atoms with Crippen LogP contribution in [0.4, 0.5) is 11.4 Å². The maximum Gasteiger partial charge on any atom is 0.257 e. The Morgan fingerprint density at radius 3 is 2.43 bits per heavy atom. The highest BCUT2D eigenvalue weighted by atomic mass is 16.1. The first-order valence-electron chi connectivity index (χ1n) is 7.54. The number of piperidine rings is 1. The van der Waals surface area contributed by atoms with E-state index in [9.17, 15) is 4.79 Å². The van der Waals surface area contributed by atoms with E-state index in [1.54, 1.807) is 12.3 Å². The van der Waals surface area contributed by atoms with Gasteiger partial charge in [0.2, 0.25) is 0 Å². The van der Waals surface area contributed by atoms with Gasteiger partial charge in [0.05, 0.1) is 5.56 Å². The van der Waals surface area contributed by atoms with E-state index >= 15 is 0 Å². The smallest absolute Gasteiger partial charge is 0.257 e. The number of hydrogen-bond acceptors (Lipinski definition) is 2. The molecule has 1 aromatic carbocycles. The molecule has 110 valence electrons. The Morgan fingerprint density at radius 1 is 1.10 bits per heavy atom. The maximum absolute atomic E-state index is 12.1. The molecule has 1 saturated heterocycles. The topological polar surface area (TPSA) is 48.1 Å². The summed E-state index contributed by atoms with van der Waals surface area (Å²) in [7, 11) is 0. The van der Waals surface area contributed by atoms with Gasteiger partial charge in [-0.3, -0.25) is 4.79 Å². The summed E-state index contributed by atoms with van der Waals surface area (Å²) < 4.78 is 0. The number of rotatable bonds is 3. The van der Waals surface area contributed by atoms with Crippen molar-refractivity contribution in [2.75, 3.05) is 23.3 Å². The van der Waals surface area contributed by atoms with E-state index in [0.717, 1.165) is 24.5 Å². The van der Waals surface area contributed by atoms with E-state index in [-0.39, 0.29) is 5.91 Å². The predicted molar refractivity (Wildman–Crippen MR) is 86.0 cm³/mol. The van der Waals surface area contributed by atoms with Crippen LogP contribution in [-0.2, 0) is 0 Å². The first-order chi connectivity index (χ1) is 10.2. The zero-order valence-corrected chi connectivity index (χ0v) is 12.4. The molecule has 0 radical (unpaired) electrons. The van der Waals surface area contributed by atoms with Crippen LogP contribution in [0, 0.1) is 6.92 Å². The number of benzene rings is 1. The van der Waals surface area contributed by atoms with E-state index in [1.807, 2.05) is 19.1 Å². The first kappa shape index (κ1) is 13.7. The summed E-state index contributed by atoms with van der Waals surface area (Å²) in [6.07, 6.45) is 5.65. The predicted octanol–water partition coefficient (Wildman–Crippen LogP) is 3.57. The third-order valence-electron chi connectivity index (χ3n) is 4.04. The Morgan fingerprint density at radius 2 is 1.81 bits per heavy atom. The Bertz CT molecular complexity index is 609. The minimum absolute atomic E-state index is 0.0699. The molecule has 1 aliphatic heterocycles. The van der Waals surface area contributed by atoms with Crippen molar-refractivity contribution in [1.29, 1.82) is 0 Å². The molecular weight excluding hydrogens is 262 g/mol. The maximum atomic E-state index is 12.1. The first-order valence-corrected chi connectivity index (χ1v) is 7.54. The lowest BCUT2D eigenvalue weighted by Gasteiger charge is -2.28. The van der Waals surface area contributed by atoms with Crippen LogP contribution >= 0.6 is 0 Å². The third kappa shape index (κ3) is 3.10. The number of aromatic nitrogens is 1. The van der Waals surface area contributed by atoms with E-state index in [2.05, 4.69) is 27.3 Å². The molecule has 0 saturated carbocycles. The number of nitrogens with zero attached hydrogens (tertiary/aromatic N) is 1. The normalized spacial score (nSPS) is 15.0. The molecule has 2 aromatic rings. The molecule has 0 unspecified atom stereocenters. The minimum Gasteiger partial charge on any atom is -0.372 e. The van der Waals surface area contributed by atoms with E-state index in [0.29, 0.717) is 5.56 Å². The Balaban J connectivity index is 1.67. The lowest BCUT2D eigenvalue weighted by molar-refractivity contribution is 0.102. The molecule has 1 fully saturated rings. The third-order valence-corrected chi connectivity index (χ3v) is 4.04. The molecule has 1 amide bonds. The van der Waals surface area contributed by atoms with Gasteiger partial charge in [-0.05, 0) is 56.5 Å². The van der Waals surface area contributed by atoms with Crippen LogP contribution in [0.5, 0.6) is 0 Å². The number of amides is 1. The van der Waals surface area contributed by atoms with Crippen molar-refractivity contribution < 1.29 is 4.79 Å². The lowest BCUT2D eigenvalue weighted by Crippen LogP contribution is -2.29. The molecule has 0 aliphatic carbocycles. The standard InChI is InChI=1S/C17H21N3O/c1-13-16(9-10-18-13)17(21)19-14-5-7-15(8-6-14)20-11-3-2-4-12-20/h5-10,18H,2-4,11-12H2,1H3,(H,19,21). The average Bonchev–Trinajstić information content (AvgIpc) is 2.95. The van der Waals surface area contributed by atoms with Gasteiger partial charge in [-0.25, -0.2) is 0 Å². The summed E-state index contributed by atoms with van der Waals surface area (Å²) >= 11 is 0. The van der Waals surface area contributed by atoms with Gasteiger partial charge in [0, 0.05) is 36.4 Å². The number of anilines is 2. The van der Waals surface area contributed by atoms with Crippen LogP contribution in [-0.4, -0.2) is 24.0 Å². The summed E-state index contributed by atoms with van der Waals surface area (Å²) in [5.74, 6) is -0.0699. The monoisotopic (exact) mass is 283 g/mol. The van der Waals surface area contributed by atoms with Gasteiger partial charge in [-0.15, -0.1) is 0 Å². The number of hydrogen-bond donors (Lipinski definition) is 2. The zero-order valence-electron chi connectivity index (χ0n) is 12.4. The van der Waals surface area contributed by atoms with Gasteiger partial charge in [-0.2, -0.15) is 0 Å².